The van der Waals surface area contributed by atoms with Gasteiger partial charge in [-0.25, -0.2) is 4.39 Å². The third kappa shape index (κ3) is 5.76. The average molecular weight is 417 g/mol. The Morgan fingerprint density at radius 1 is 1.04 bits per heavy atom. The minimum Gasteiger partial charge on any atom is -0.328 e. The summed E-state index contributed by atoms with van der Waals surface area (Å²) in [5.41, 5.74) is 1.60. The summed E-state index contributed by atoms with van der Waals surface area (Å²) >= 11 is 2.47. The topological polar surface area (TPSA) is 96.0 Å². The molecule has 0 aliphatic rings. The third-order valence-corrected chi connectivity index (χ3v) is 5.31. The van der Waals surface area contributed by atoms with Crippen molar-refractivity contribution < 1.29 is 14.0 Å². The van der Waals surface area contributed by atoms with Crippen LogP contribution in [-0.2, 0) is 9.59 Å². The van der Waals surface area contributed by atoms with E-state index in [-0.39, 0.29) is 23.4 Å². The van der Waals surface area contributed by atoms with Gasteiger partial charge in [-0.15, -0.1) is 10.2 Å². The van der Waals surface area contributed by atoms with E-state index in [0.717, 1.165) is 0 Å². The summed E-state index contributed by atoms with van der Waals surface area (Å²) in [5, 5.41) is 16.7. The van der Waals surface area contributed by atoms with Crippen molar-refractivity contribution in [3.8, 4) is 0 Å². The summed E-state index contributed by atoms with van der Waals surface area (Å²) in [6, 6.07) is 13.1. The molecule has 1 heterocycles. The second kappa shape index (κ2) is 9.29. The van der Waals surface area contributed by atoms with Crippen molar-refractivity contribution in [2.24, 2.45) is 0 Å². The standard InChI is InChI=1S/C18H16FN5O2S2/c1-11(25)20-12-6-8-13(9-7-12)21-16(26)10-27-18-24-23-17(28-18)22-15-5-3-2-4-14(15)19/h2-9H,10H2,1H3,(H,20,25)(H,21,26)(H,22,23). The largest absolute Gasteiger partial charge is 0.328 e. The molecule has 3 N–H and O–H groups in total. The highest BCUT2D eigenvalue weighted by atomic mass is 32.2. The molecule has 0 unspecified atom stereocenters. The van der Waals surface area contributed by atoms with Gasteiger partial charge in [-0.3, -0.25) is 9.59 Å². The molecule has 0 fully saturated rings. The molecule has 2 amide bonds. The van der Waals surface area contributed by atoms with Crippen LogP contribution in [0.25, 0.3) is 0 Å². The molecular formula is C18H16FN5O2S2. The van der Waals surface area contributed by atoms with Crippen LogP contribution in [0.1, 0.15) is 6.92 Å². The molecule has 0 aliphatic carbocycles. The fourth-order valence-corrected chi connectivity index (χ4v) is 3.73. The van der Waals surface area contributed by atoms with Gasteiger partial charge in [0.1, 0.15) is 5.82 Å². The van der Waals surface area contributed by atoms with Gasteiger partial charge < -0.3 is 16.0 Å². The van der Waals surface area contributed by atoms with Gasteiger partial charge >= 0.3 is 0 Å². The fraction of sp³-hybridized carbons (Fsp3) is 0.111. The summed E-state index contributed by atoms with van der Waals surface area (Å²) < 4.78 is 14.2. The highest BCUT2D eigenvalue weighted by Crippen LogP contribution is 2.28. The maximum atomic E-state index is 13.6. The molecule has 3 aromatic rings. The zero-order valence-electron chi connectivity index (χ0n) is 14.7. The van der Waals surface area contributed by atoms with Crippen LogP contribution < -0.4 is 16.0 Å². The Morgan fingerprint density at radius 3 is 2.39 bits per heavy atom. The van der Waals surface area contributed by atoms with Crippen molar-refractivity contribution in [2.45, 2.75) is 11.3 Å². The lowest BCUT2D eigenvalue weighted by molar-refractivity contribution is -0.114. The third-order valence-electron chi connectivity index (χ3n) is 3.34. The van der Waals surface area contributed by atoms with Gasteiger partial charge in [0.2, 0.25) is 16.9 Å². The lowest BCUT2D eigenvalue weighted by Crippen LogP contribution is -2.14. The summed E-state index contributed by atoms with van der Waals surface area (Å²) in [5.74, 6) is -0.581. The quantitative estimate of drug-likeness (QED) is 0.501. The first kappa shape index (κ1) is 19.8. The maximum Gasteiger partial charge on any atom is 0.234 e. The molecule has 0 saturated carbocycles. The number of nitrogens with one attached hydrogen (secondary N) is 3. The van der Waals surface area contributed by atoms with Gasteiger partial charge in [0.25, 0.3) is 0 Å². The first-order valence-electron chi connectivity index (χ1n) is 8.15. The number of benzene rings is 2. The van der Waals surface area contributed by atoms with E-state index in [9.17, 15) is 14.0 Å². The molecule has 28 heavy (non-hydrogen) atoms. The minimum atomic E-state index is -0.379. The van der Waals surface area contributed by atoms with Crippen LogP contribution in [0.4, 0.5) is 26.6 Å². The SMILES string of the molecule is CC(=O)Nc1ccc(NC(=O)CSc2nnc(Nc3ccccc3F)s2)cc1. The van der Waals surface area contributed by atoms with E-state index in [1.54, 1.807) is 42.5 Å². The first-order chi connectivity index (χ1) is 13.5. The van der Waals surface area contributed by atoms with Crippen molar-refractivity contribution in [1.29, 1.82) is 0 Å². The van der Waals surface area contributed by atoms with E-state index < -0.39 is 0 Å². The average Bonchev–Trinajstić information content (AvgIpc) is 3.11. The monoisotopic (exact) mass is 417 g/mol. The number of anilines is 4. The van der Waals surface area contributed by atoms with E-state index in [1.165, 1.54) is 36.1 Å². The molecule has 144 valence electrons. The fourth-order valence-electron chi connectivity index (χ4n) is 2.16. The van der Waals surface area contributed by atoms with E-state index in [4.69, 9.17) is 0 Å². The molecule has 10 heteroatoms. The number of carbonyl (C=O) groups is 2. The second-order valence-electron chi connectivity index (χ2n) is 5.57. The molecule has 0 spiro atoms. The smallest absolute Gasteiger partial charge is 0.234 e. The zero-order chi connectivity index (χ0) is 19.9. The number of nitrogens with zero attached hydrogens (tertiary/aromatic N) is 2. The molecule has 1 aromatic heterocycles. The molecule has 7 nitrogen and oxygen atoms in total. The van der Waals surface area contributed by atoms with Gasteiger partial charge in [-0.05, 0) is 36.4 Å². The number of para-hydroxylation sites is 1. The molecule has 0 saturated heterocycles. The van der Waals surface area contributed by atoms with Crippen molar-refractivity contribution >= 4 is 57.1 Å². The summed E-state index contributed by atoms with van der Waals surface area (Å²) in [4.78, 5) is 23.1. The summed E-state index contributed by atoms with van der Waals surface area (Å²) in [6.45, 7) is 1.43. The van der Waals surface area contributed by atoms with E-state index in [2.05, 4.69) is 26.1 Å². The Labute approximate surface area is 168 Å². The zero-order valence-corrected chi connectivity index (χ0v) is 16.4. The van der Waals surface area contributed by atoms with E-state index in [1.807, 2.05) is 0 Å². The van der Waals surface area contributed by atoms with Crippen molar-refractivity contribution in [3.63, 3.8) is 0 Å². The Bertz CT molecular complexity index is 978. The highest BCUT2D eigenvalue weighted by Gasteiger charge is 2.10. The number of carbonyl (C=O) groups excluding carboxylic acids is 2. The Balaban J connectivity index is 1.49. The van der Waals surface area contributed by atoms with Gasteiger partial charge in [0.05, 0.1) is 11.4 Å². The van der Waals surface area contributed by atoms with Gasteiger partial charge in [0, 0.05) is 18.3 Å². The Kier molecular flexibility index (Phi) is 6.56. The molecule has 2 aromatic carbocycles. The number of hydrogen-bond acceptors (Lipinski definition) is 7. The van der Waals surface area contributed by atoms with E-state index in [0.29, 0.717) is 26.5 Å². The van der Waals surface area contributed by atoms with Crippen LogP contribution in [0, 0.1) is 5.82 Å². The summed E-state index contributed by atoms with van der Waals surface area (Å²) in [7, 11) is 0. The number of thioether (sulfide) groups is 1. The van der Waals surface area contributed by atoms with Gasteiger partial charge in [-0.2, -0.15) is 0 Å². The molecule has 0 aliphatic heterocycles. The predicted octanol–water partition coefficient (Wildman–Crippen LogP) is 4.11. The maximum absolute atomic E-state index is 13.6. The second-order valence-corrected chi connectivity index (χ2v) is 7.77. The number of rotatable bonds is 7. The van der Waals surface area contributed by atoms with Crippen LogP contribution in [0.2, 0.25) is 0 Å². The van der Waals surface area contributed by atoms with Crippen LogP contribution in [0.5, 0.6) is 0 Å². The Hall–Kier alpha value is -2.98. The lowest BCUT2D eigenvalue weighted by Gasteiger charge is -2.06. The summed E-state index contributed by atoms with van der Waals surface area (Å²) in [6.07, 6.45) is 0. The van der Waals surface area contributed by atoms with Crippen molar-refractivity contribution in [2.75, 3.05) is 21.7 Å². The van der Waals surface area contributed by atoms with Crippen LogP contribution in [0.3, 0.4) is 0 Å². The van der Waals surface area contributed by atoms with Crippen LogP contribution in [0.15, 0.2) is 52.9 Å². The molecule has 0 atom stereocenters. The Morgan fingerprint density at radius 2 is 1.71 bits per heavy atom. The number of hydrogen-bond donors (Lipinski definition) is 3. The highest BCUT2D eigenvalue weighted by molar-refractivity contribution is 8.01. The lowest BCUT2D eigenvalue weighted by atomic mass is 10.3. The molecule has 0 bridgehead atoms. The first-order valence-corrected chi connectivity index (χ1v) is 9.95. The molecular weight excluding hydrogens is 401 g/mol. The number of amides is 2. The molecule has 0 radical (unpaired) electrons. The van der Waals surface area contributed by atoms with Gasteiger partial charge in [0.15, 0.2) is 4.34 Å². The predicted molar refractivity (Wildman–Crippen MR) is 110 cm³/mol. The van der Waals surface area contributed by atoms with Gasteiger partial charge in [-0.1, -0.05) is 35.2 Å². The van der Waals surface area contributed by atoms with Crippen molar-refractivity contribution in [1.82, 2.24) is 10.2 Å². The normalized spacial score (nSPS) is 10.4. The number of aromatic nitrogens is 2. The van der Waals surface area contributed by atoms with Crippen molar-refractivity contribution in [3.05, 3.63) is 54.3 Å². The number of halogens is 1. The minimum absolute atomic E-state index is 0.155. The van der Waals surface area contributed by atoms with E-state index >= 15 is 0 Å². The van der Waals surface area contributed by atoms with Crippen LogP contribution >= 0.6 is 23.1 Å². The van der Waals surface area contributed by atoms with Crippen LogP contribution in [-0.4, -0.2) is 27.8 Å². The molecule has 3 rings (SSSR count).